The highest BCUT2D eigenvalue weighted by molar-refractivity contribution is 6.30. The van der Waals surface area contributed by atoms with Crippen molar-refractivity contribution in [1.82, 2.24) is 14.8 Å². The zero-order chi connectivity index (χ0) is 16.1. The van der Waals surface area contributed by atoms with Gasteiger partial charge in [-0.1, -0.05) is 29.8 Å². The van der Waals surface area contributed by atoms with Gasteiger partial charge in [-0.15, -0.1) is 0 Å². The molecule has 0 bridgehead atoms. The lowest BCUT2D eigenvalue weighted by Gasteiger charge is -2.07. The van der Waals surface area contributed by atoms with Crippen molar-refractivity contribution in [1.29, 1.82) is 0 Å². The Morgan fingerprint density at radius 3 is 2.65 bits per heavy atom. The summed E-state index contributed by atoms with van der Waals surface area (Å²) in [5, 5.41) is 17.8. The van der Waals surface area contributed by atoms with Gasteiger partial charge in [0, 0.05) is 22.8 Å². The third-order valence-corrected chi connectivity index (χ3v) is 3.66. The number of nitrogens with one attached hydrogen (secondary N) is 1. The lowest BCUT2D eigenvalue weighted by atomic mass is 10.1. The molecule has 0 fully saturated rings. The third kappa shape index (κ3) is 3.88. The smallest absolute Gasteiger partial charge is 0.125 e. The molecule has 0 radical (unpaired) electrons. The molecule has 0 spiro atoms. The second kappa shape index (κ2) is 7.26. The average Bonchev–Trinajstić information content (AvgIpc) is 2.98. The SMILES string of the molecule is OCCn1nc(-c2ccc(Cl)cc2)cc1NCc1ccccn1. The number of hydrogen-bond donors (Lipinski definition) is 2. The Kier molecular flexibility index (Phi) is 4.90. The van der Waals surface area contributed by atoms with Crippen LogP contribution in [0.2, 0.25) is 5.02 Å². The van der Waals surface area contributed by atoms with Gasteiger partial charge in [-0.25, -0.2) is 4.68 Å². The van der Waals surface area contributed by atoms with Crippen LogP contribution in [0.1, 0.15) is 5.69 Å². The summed E-state index contributed by atoms with van der Waals surface area (Å²) in [7, 11) is 0. The van der Waals surface area contributed by atoms with Crippen LogP contribution in [-0.2, 0) is 13.1 Å². The number of nitrogens with zero attached hydrogens (tertiary/aromatic N) is 3. The third-order valence-electron chi connectivity index (χ3n) is 3.41. The van der Waals surface area contributed by atoms with Gasteiger partial charge in [0.1, 0.15) is 5.82 Å². The summed E-state index contributed by atoms with van der Waals surface area (Å²) in [5.74, 6) is 0.842. The molecule has 118 valence electrons. The summed E-state index contributed by atoms with van der Waals surface area (Å²) in [6.45, 7) is 1.05. The Labute approximate surface area is 139 Å². The van der Waals surface area contributed by atoms with Crippen molar-refractivity contribution >= 4 is 17.4 Å². The standard InChI is InChI=1S/C17H17ClN4O/c18-14-6-4-13(5-7-14)16-11-17(22(21-16)9-10-23)20-12-15-3-1-2-8-19-15/h1-8,11,20,23H,9-10,12H2. The summed E-state index contributed by atoms with van der Waals surface area (Å²) in [4.78, 5) is 4.29. The normalized spacial score (nSPS) is 10.7. The van der Waals surface area contributed by atoms with Crippen LogP contribution in [0.25, 0.3) is 11.3 Å². The number of anilines is 1. The van der Waals surface area contributed by atoms with Gasteiger partial charge in [-0.3, -0.25) is 4.98 Å². The fraction of sp³-hybridized carbons (Fsp3) is 0.176. The monoisotopic (exact) mass is 328 g/mol. The summed E-state index contributed by atoms with van der Waals surface area (Å²) < 4.78 is 1.76. The molecule has 3 aromatic rings. The first-order valence-electron chi connectivity index (χ1n) is 7.34. The van der Waals surface area contributed by atoms with E-state index in [4.69, 9.17) is 11.6 Å². The zero-order valence-corrected chi connectivity index (χ0v) is 13.2. The van der Waals surface area contributed by atoms with E-state index in [0.717, 1.165) is 22.8 Å². The predicted molar refractivity (Wildman–Crippen MR) is 91.3 cm³/mol. The molecule has 0 aliphatic carbocycles. The number of halogens is 1. The quantitative estimate of drug-likeness (QED) is 0.729. The summed E-state index contributed by atoms with van der Waals surface area (Å²) >= 11 is 5.92. The molecule has 0 saturated carbocycles. The molecule has 0 amide bonds. The Balaban J connectivity index is 1.82. The van der Waals surface area contributed by atoms with Crippen LogP contribution < -0.4 is 5.32 Å². The van der Waals surface area contributed by atoms with Crippen LogP contribution in [-0.4, -0.2) is 26.5 Å². The van der Waals surface area contributed by atoms with E-state index in [0.29, 0.717) is 18.1 Å². The molecule has 3 rings (SSSR count). The van der Waals surface area contributed by atoms with Gasteiger partial charge >= 0.3 is 0 Å². The molecule has 5 nitrogen and oxygen atoms in total. The molecule has 2 aromatic heterocycles. The minimum Gasteiger partial charge on any atom is -0.394 e. The van der Waals surface area contributed by atoms with Crippen LogP contribution in [0.4, 0.5) is 5.82 Å². The highest BCUT2D eigenvalue weighted by Gasteiger charge is 2.09. The van der Waals surface area contributed by atoms with Crippen molar-refractivity contribution in [3.05, 3.63) is 65.4 Å². The van der Waals surface area contributed by atoms with Crippen molar-refractivity contribution in [2.24, 2.45) is 0 Å². The first-order chi connectivity index (χ1) is 11.3. The maximum Gasteiger partial charge on any atom is 0.125 e. The minimum absolute atomic E-state index is 0.0278. The number of aliphatic hydroxyl groups is 1. The predicted octanol–water partition coefficient (Wildman–Crippen LogP) is 3.20. The van der Waals surface area contributed by atoms with Gasteiger partial charge in [-0.05, 0) is 24.3 Å². The molecule has 2 N–H and O–H groups in total. The number of aliphatic hydroxyl groups excluding tert-OH is 1. The number of benzene rings is 1. The molecule has 2 heterocycles. The molecule has 23 heavy (non-hydrogen) atoms. The summed E-state index contributed by atoms with van der Waals surface area (Å²) in [6, 6.07) is 15.3. The summed E-state index contributed by atoms with van der Waals surface area (Å²) in [6.07, 6.45) is 1.77. The second-order valence-corrected chi connectivity index (χ2v) is 5.48. The summed E-state index contributed by atoms with van der Waals surface area (Å²) in [5.41, 5.74) is 2.75. The van der Waals surface area contributed by atoms with Crippen LogP contribution in [0, 0.1) is 0 Å². The number of hydrogen-bond acceptors (Lipinski definition) is 4. The maximum absolute atomic E-state index is 9.23. The zero-order valence-electron chi connectivity index (χ0n) is 12.5. The van der Waals surface area contributed by atoms with Crippen LogP contribution >= 0.6 is 11.6 Å². The molecule has 0 saturated heterocycles. The van der Waals surface area contributed by atoms with E-state index in [1.807, 2.05) is 48.5 Å². The van der Waals surface area contributed by atoms with Crippen LogP contribution in [0.5, 0.6) is 0 Å². The Bertz CT molecular complexity index is 756. The molecule has 0 atom stereocenters. The van der Waals surface area contributed by atoms with E-state index in [1.54, 1.807) is 10.9 Å². The number of pyridine rings is 1. The van der Waals surface area contributed by atoms with E-state index >= 15 is 0 Å². The second-order valence-electron chi connectivity index (χ2n) is 5.04. The van der Waals surface area contributed by atoms with E-state index in [1.165, 1.54) is 0 Å². The average molecular weight is 329 g/mol. The lowest BCUT2D eigenvalue weighted by molar-refractivity contribution is 0.270. The molecular weight excluding hydrogens is 312 g/mol. The van der Waals surface area contributed by atoms with Gasteiger partial charge in [0.2, 0.25) is 0 Å². The van der Waals surface area contributed by atoms with E-state index in [2.05, 4.69) is 15.4 Å². The van der Waals surface area contributed by atoms with Crippen molar-refractivity contribution in [3.63, 3.8) is 0 Å². The number of aromatic nitrogens is 3. The van der Waals surface area contributed by atoms with Gasteiger partial charge < -0.3 is 10.4 Å². The largest absolute Gasteiger partial charge is 0.394 e. The van der Waals surface area contributed by atoms with Crippen LogP contribution in [0.15, 0.2) is 54.7 Å². The highest BCUT2D eigenvalue weighted by atomic mass is 35.5. The van der Waals surface area contributed by atoms with E-state index in [9.17, 15) is 5.11 Å². The van der Waals surface area contributed by atoms with Crippen molar-refractivity contribution in [2.75, 3.05) is 11.9 Å². The molecule has 0 aliphatic heterocycles. The minimum atomic E-state index is 0.0278. The lowest BCUT2D eigenvalue weighted by Crippen LogP contribution is -2.10. The molecule has 0 unspecified atom stereocenters. The Hall–Kier alpha value is -2.37. The van der Waals surface area contributed by atoms with E-state index in [-0.39, 0.29) is 6.61 Å². The Morgan fingerprint density at radius 1 is 1.13 bits per heavy atom. The van der Waals surface area contributed by atoms with Crippen molar-refractivity contribution in [2.45, 2.75) is 13.1 Å². The first kappa shape index (κ1) is 15.5. The molecular formula is C17H17ClN4O. The number of rotatable bonds is 6. The molecule has 6 heteroatoms. The fourth-order valence-electron chi connectivity index (χ4n) is 2.27. The highest BCUT2D eigenvalue weighted by Crippen LogP contribution is 2.23. The first-order valence-corrected chi connectivity index (χ1v) is 7.72. The molecule has 0 aliphatic rings. The van der Waals surface area contributed by atoms with Gasteiger partial charge in [0.05, 0.1) is 31.1 Å². The van der Waals surface area contributed by atoms with E-state index < -0.39 is 0 Å². The Morgan fingerprint density at radius 2 is 1.96 bits per heavy atom. The van der Waals surface area contributed by atoms with Gasteiger partial charge in [-0.2, -0.15) is 5.10 Å². The maximum atomic E-state index is 9.23. The van der Waals surface area contributed by atoms with Crippen molar-refractivity contribution in [3.8, 4) is 11.3 Å². The fourth-order valence-corrected chi connectivity index (χ4v) is 2.40. The van der Waals surface area contributed by atoms with Crippen LogP contribution in [0.3, 0.4) is 0 Å². The van der Waals surface area contributed by atoms with Crippen molar-refractivity contribution < 1.29 is 5.11 Å². The topological polar surface area (TPSA) is 63.0 Å². The van der Waals surface area contributed by atoms with Gasteiger partial charge in [0.15, 0.2) is 0 Å². The van der Waals surface area contributed by atoms with Gasteiger partial charge in [0.25, 0.3) is 0 Å². The molecule has 1 aromatic carbocycles.